The Balaban J connectivity index is 1.86. The molecule has 0 bridgehead atoms. The van der Waals surface area contributed by atoms with Gasteiger partial charge in [0.05, 0.1) is 0 Å². The average Bonchev–Trinajstić information content (AvgIpc) is 2.66. The maximum Gasteiger partial charge on any atom is 0.0406 e. The van der Waals surface area contributed by atoms with E-state index >= 15 is 0 Å². The van der Waals surface area contributed by atoms with Gasteiger partial charge in [0.2, 0.25) is 0 Å². The minimum Gasteiger partial charge on any atom is -0.126 e. The van der Waals surface area contributed by atoms with Gasteiger partial charge in [-0.05, 0) is 85.7 Å². The van der Waals surface area contributed by atoms with Gasteiger partial charge in [-0.25, -0.2) is 0 Å². The largest absolute Gasteiger partial charge is 0.126 e. The Morgan fingerprint density at radius 2 is 1.23 bits per heavy atom. The predicted octanol–water partition coefficient (Wildman–Crippen LogP) is 8.37. The molecule has 0 aliphatic rings. The van der Waals surface area contributed by atoms with Crippen LogP contribution in [0.5, 0.6) is 0 Å². The van der Waals surface area contributed by atoms with Gasteiger partial charge in [0.15, 0.2) is 0 Å². The molecule has 0 aliphatic carbocycles. The molecule has 3 aromatic carbocycles. The fourth-order valence-electron chi connectivity index (χ4n) is 2.61. The zero-order chi connectivity index (χ0) is 18.4. The number of thioether (sulfide) groups is 1. The van der Waals surface area contributed by atoms with Crippen molar-refractivity contribution in [3.63, 3.8) is 0 Å². The van der Waals surface area contributed by atoms with Crippen LogP contribution in [-0.4, -0.2) is 5.75 Å². The molecule has 0 aromatic heterocycles. The topological polar surface area (TPSA) is 0 Å². The highest BCUT2D eigenvalue weighted by Gasteiger charge is 2.11. The molecule has 4 heteroatoms. The van der Waals surface area contributed by atoms with Crippen LogP contribution in [-0.2, 0) is 0 Å². The van der Waals surface area contributed by atoms with Gasteiger partial charge in [-0.15, -0.1) is 11.8 Å². The summed E-state index contributed by atoms with van der Waals surface area (Å²) in [5.41, 5.74) is 3.59. The number of halogens is 3. The van der Waals surface area contributed by atoms with Crippen molar-refractivity contribution in [3.05, 3.63) is 104 Å². The van der Waals surface area contributed by atoms with E-state index in [0.717, 1.165) is 22.2 Å². The number of benzene rings is 3. The second-order valence-electron chi connectivity index (χ2n) is 5.71. The Hall–Kier alpha value is -0.940. The van der Waals surface area contributed by atoms with Crippen molar-refractivity contribution in [2.75, 3.05) is 5.75 Å². The third-order valence-electron chi connectivity index (χ3n) is 3.87. The van der Waals surface area contributed by atoms with Crippen molar-refractivity contribution in [2.24, 2.45) is 0 Å². The van der Waals surface area contributed by atoms with Gasteiger partial charge in [-0.1, -0.05) is 65.7 Å². The van der Waals surface area contributed by atoms with Crippen molar-refractivity contribution >= 4 is 63.1 Å². The lowest BCUT2D eigenvalue weighted by Gasteiger charge is -2.13. The van der Waals surface area contributed by atoms with Crippen LogP contribution in [0.15, 0.2) is 87.3 Å². The molecule has 3 rings (SSSR count). The molecule has 0 unspecified atom stereocenters. The average molecular weight is 511 g/mol. The minimum atomic E-state index is 0.749. The summed E-state index contributed by atoms with van der Waals surface area (Å²) in [6.45, 7) is 0. The van der Waals surface area contributed by atoms with Crippen molar-refractivity contribution in [1.82, 2.24) is 0 Å². The lowest BCUT2D eigenvalue weighted by Crippen LogP contribution is -1.93. The zero-order valence-corrected chi connectivity index (χ0v) is 18.4. The van der Waals surface area contributed by atoms with E-state index in [1.807, 2.05) is 42.1 Å². The maximum atomic E-state index is 6.08. The third-order valence-corrected chi connectivity index (χ3v) is 6.47. The van der Waals surface area contributed by atoms with Crippen LogP contribution < -0.4 is 0 Å². The Kier molecular flexibility index (Phi) is 7.50. The van der Waals surface area contributed by atoms with E-state index in [2.05, 4.69) is 71.1 Å². The van der Waals surface area contributed by atoms with Crippen molar-refractivity contribution in [3.8, 4) is 0 Å². The van der Waals surface area contributed by atoms with Crippen LogP contribution in [0.3, 0.4) is 0 Å². The summed E-state index contributed by atoms with van der Waals surface area (Å²) in [7, 11) is 0. The van der Waals surface area contributed by atoms with E-state index < -0.39 is 0 Å². The van der Waals surface area contributed by atoms with Gasteiger partial charge < -0.3 is 0 Å². The lowest BCUT2D eigenvalue weighted by molar-refractivity contribution is 1.23. The van der Waals surface area contributed by atoms with Gasteiger partial charge in [-0.2, -0.15) is 0 Å². The van der Waals surface area contributed by atoms with Crippen LogP contribution in [0.1, 0.15) is 17.5 Å². The molecule has 0 heterocycles. The second kappa shape index (κ2) is 9.84. The molecule has 0 amide bonds. The monoisotopic (exact) mass is 510 g/mol. The number of hydrogen-bond acceptors (Lipinski definition) is 1. The molecule has 0 radical (unpaired) electrons. The standard InChI is InChI=1S/C22H17Cl2IS/c23-18-10-6-16(7-11-18)22(17-8-12-19(24)13-9-17)21(25)14-15-26-20-4-2-1-3-5-20/h1-13H,14-15H2. The van der Waals surface area contributed by atoms with Crippen LogP contribution in [0.4, 0.5) is 0 Å². The molecule has 0 fully saturated rings. The van der Waals surface area contributed by atoms with Crippen molar-refractivity contribution < 1.29 is 0 Å². The first-order chi connectivity index (χ1) is 12.6. The van der Waals surface area contributed by atoms with Crippen LogP contribution in [0.25, 0.3) is 5.57 Å². The zero-order valence-electron chi connectivity index (χ0n) is 14.0. The van der Waals surface area contributed by atoms with Gasteiger partial charge in [0, 0.05) is 20.7 Å². The smallest absolute Gasteiger partial charge is 0.0406 e. The highest BCUT2D eigenvalue weighted by atomic mass is 127. The second-order valence-corrected chi connectivity index (χ2v) is 9.05. The highest BCUT2D eigenvalue weighted by Crippen LogP contribution is 2.34. The summed E-state index contributed by atoms with van der Waals surface area (Å²) in [6, 6.07) is 26.6. The van der Waals surface area contributed by atoms with Crippen molar-refractivity contribution in [1.29, 1.82) is 0 Å². The number of hydrogen-bond donors (Lipinski definition) is 0. The Morgan fingerprint density at radius 3 is 1.73 bits per heavy atom. The predicted molar refractivity (Wildman–Crippen MR) is 125 cm³/mol. The summed E-state index contributed by atoms with van der Waals surface area (Å²) in [5, 5.41) is 1.50. The highest BCUT2D eigenvalue weighted by molar-refractivity contribution is 14.1. The molecule has 0 nitrogen and oxygen atoms in total. The molecule has 0 saturated carbocycles. The first kappa shape index (κ1) is 19.8. The Labute approximate surface area is 182 Å². The summed E-state index contributed by atoms with van der Waals surface area (Å²) in [4.78, 5) is 1.30. The summed E-state index contributed by atoms with van der Waals surface area (Å²) >= 11 is 16.5. The van der Waals surface area contributed by atoms with E-state index in [0.29, 0.717) is 0 Å². The number of allylic oxidation sites excluding steroid dienone is 1. The molecule has 0 N–H and O–H groups in total. The van der Waals surface area contributed by atoms with E-state index in [-0.39, 0.29) is 0 Å². The lowest BCUT2D eigenvalue weighted by atomic mass is 9.97. The number of rotatable bonds is 6. The van der Waals surface area contributed by atoms with E-state index in [1.54, 1.807) is 0 Å². The van der Waals surface area contributed by atoms with E-state index in [4.69, 9.17) is 23.2 Å². The fourth-order valence-corrected chi connectivity index (χ4v) is 5.02. The van der Waals surface area contributed by atoms with Gasteiger partial charge in [0.1, 0.15) is 0 Å². The molecule has 0 spiro atoms. The molecule has 26 heavy (non-hydrogen) atoms. The normalized spacial score (nSPS) is 10.6. The molecule has 0 atom stereocenters. The van der Waals surface area contributed by atoms with E-state index in [9.17, 15) is 0 Å². The first-order valence-electron chi connectivity index (χ1n) is 8.22. The minimum absolute atomic E-state index is 0.749. The summed E-state index contributed by atoms with van der Waals surface area (Å²) in [6.07, 6.45) is 1.00. The third kappa shape index (κ3) is 5.53. The van der Waals surface area contributed by atoms with Gasteiger partial charge >= 0.3 is 0 Å². The van der Waals surface area contributed by atoms with Gasteiger partial charge in [-0.3, -0.25) is 0 Å². The fraction of sp³-hybridized carbons (Fsp3) is 0.0909. The summed E-state index contributed by atoms with van der Waals surface area (Å²) < 4.78 is 1.33. The van der Waals surface area contributed by atoms with Gasteiger partial charge in [0.25, 0.3) is 0 Å². The molecular formula is C22H17Cl2IS. The summed E-state index contributed by atoms with van der Waals surface area (Å²) in [5.74, 6) is 1.03. The molecule has 3 aromatic rings. The Morgan fingerprint density at radius 1 is 0.731 bits per heavy atom. The van der Waals surface area contributed by atoms with Crippen LogP contribution >= 0.6 is 57.6 Å². The van der Waals surface area contributed by atoms with Crippen LogP contribution in [0, 0.1) is 0 Å². The SMILES string of the molecule is Clc1ccc(C(=C(I)CCSc2ccccc2)c2ccc(Cl)cc2)cc1. The molecule has 0 aliphatic heterocycles. The molecular weight excluding hydrogens is 494 g/mol. The first-order valence-corrected chi connectivity index (χ1v) is 11.0. The maximum absolute atomic E-state index is 6.08. The quantitative estimate of drug-likeness (QED) is 0.237. The van der Waals surface area contributed by atoms with Crippen molar-refractivity contribution in [2.45, 2.75) is 11.3 Å². The van der Waals surface area contributed by atoms with E-state index in [1.165, 1.54) is 25.2 Å². The Bertz CT molecular complexity index is 825. The van der Waals surface area contributed by atoms with Crippen LogP contribution in [0.2, 0.25) is 10.0 Å². The molecule has 132 valence electrons. The molecule has 0 saturated heterocycles.